The molecule has 1 aliphatic carbocycles. The molecule has 0 fully saturated rings. The Hall–Kier alpha value is -3.75. The van der Waals surface area contributed by atoms with E-state index < -0.39 is 11.5 Å². The van der Waals surface area contributed by atoms with Crippen LogP contribution in [-0.4, -0.2) is 39.0 Å². The molecular weight excluding hydrogens is 386 g/mol. The van der Waals surface area contributed by atoms with E-state index in [9.17, 15) is 14.4 Å². The molecule has 1 amide bonds. The zero-order valence-electron chi connectivity index (χ0n) is 16.8. The van der Waals surface area contributed by atoms with E-state index >= 15 is 0 Å². The second kappa shape index (κ2) is 7.25. The molecular formula is C21H21N5O4. The van der Waals surface area contributed by atoms with Gasteiger partial charge in [-0.2, -0.15) is 4.98 Å². The van der Waals surface area contributed by atoms with Gasteiger partial charge in [0.05, 0.1) is 12.7 Å². The van der Waals surface area contributed by atoms with Crippen molar-refractivity contribution in [3.05, 3.63) is 57.5 Å². The van der Waals surface area contributed by atoms with Gasteiger partial charge in [-0.05, 0) is 30.0 Å². The Kier molecular flexibility index (Phi) is 4.73. The average Bonchev–Trinajstić information content (AvgIpc) is 3.14. The minimum Gasteiger partial charge on any atom is -0.496 e. The Bertz CT molecular complexity index is 1210. The van der Waals surface area contributed by atoms with Gasteiger partial charge in [-0.3, -0.25) is 24.8 Å². The van der Waals surface area contributed by atoms with Crippen molar-refractivity contribution in [2.75, 3.05) is 12.4 Å². The first-order chi connectivity index (χ1) is 14.3. The van der Waals surface area contributed by atoms with Gasteiger partial charge in [0.1, 0.15) is 11.3 Å². The maximum Gasteiger partial charge on any atom is 0.263 e. The quantitative estimate of drug-likeness (QED) is 0.609. The summed E-state index contributed by atoms with van der Waals surface area (Å²) in [6, 6.07) is 8.58. The number of carbonyl (C=O) groups excluding carboxylic acids is 2. The number of H-pyrrole nitrogens is 2. The maximum atomic E-state index is 12.7. The maximum absolute atomic E-state index is 12.7. The summed E-state index contributed by atoms with van der Waals surface area (Å²) in [6.07, 6.45) is 0.921. The summed E-state index contributed by atoms with van der Waals surface area (Å²) in [5.74, 6) is 0.217. The Labute approximate surface area is 171 Å². The van der Waals surface area contributed by atoms with Gasteiger partial charge >= 0.3 is 0 Å². The predicted molar refractivity (Wildman–Crippen MR) is 110 cm³/mol. The third-order valence-electron chi connectivity index (χ3n) is 5.04. The number of rotatable bonds is 4. The molecule has 0 saturated carbocycles. The van der Waals surface area contributed by atoms with Gasteiger partial charge in [-0.1, -0.05) is 26.0 Å². The summed E-state index contributed by atoms with van der Waals surface area (Å²) in [6.45, 7) is 3.94. The molecule has 2 heterocycles. The lowest BCUT2D eigenvalue weighted by molar-refractivity contribution is 0.0910. The number of benzene rings is 1. The second-order valence-electron chi connectivity index (χ2n) is 8.01. The topological polar surface area (TPSA) is 130 Å². The fourth-order valence-electron chi connectivity index (χ4n) is 3.64. The van der Waals surface area contributed by atoms with Gasteiger partial charge in [0.2, 0.25) is 5.95 Å². The highest BCUT2D eigenvalue weighted by Gasteiger charge is 2.32. The molecule has 154 valence electrons. The third-order valence-corrected chi connectivity index (χ3v) is 5.04. The number of nitrogens with one attached hydrogen (secondary N) is 3. The molecule has 0 saturated heterocycles. The van der Waals surface area contributed by atoms with Crippen molar-refractivity contribution < 1.29 is 14.3 Å². The molecule has 9 heteroatoms. The Balaban J connectivity index is 1.60. The number of methoxy groups -OCH3 is 1. The summed E-state index contributed by atoms with van der Waals surface area (Å²) >= 11 is 0. The fourth-order valence-corrected chi connectivity index (χ4v) is 3.64. The van der Waals surface area contributed by atoms with E-state index in [1.54, 1.807) is 19.2 Å². The van der Waals surface area contributed by atoms with Crippen LogP contribution in [0.15, 0.2) is 35.1 Å². The van der Waals surface area contributed by atoms with E-state index in [1.807, 2.05) is 26.0 Å². The third kappa shape index (κ3) is 3.61. The molecule has 30 heavy (non-hydrogen) atoms. The molecule has 0 bridgehead atoms. The van der Waals surface area contributed by atoms with E-state index in [0.717, 1.165) is 0 Å². The first kappa shape index (κ1) is 19.6. The van der Waals surface area contributed by atoms with E-state index in [2.05, 4.69) is 25.5 Å². The number of ketones is 1. The van der Waals surface area contributed by atoms with Crippen LogP contribution in [0.4, 0.5) is 5.95 Å². The van der Waals surface area contributed by atoms with E-state index in [-0.39, 0.29) is 22.7 Å². The van der Waals surface area contributed by atoms with E-state index in [1.165, 1.54) is 6.07 Å². The van der Waals surface area contributed by atoms with Crippen LogP contribution in [0.2, 0.25) is 0 Å². The number of hydrogen-bond acceptors (Lipinski definition) is 6. The minimum atomic E-state index is -0.692. The van der Waals surface area contributed by atoms with Crippen molar-refractivity contribution in [3.8, 4) is 17.1 Å². The molecule has 2 aromatic heterocycles. The molecule has 9 nitrogen and oxygen atoms in total. The van der Waals surface area contributed by atoms with Crippen LogP contribution in [-0.2, 0) is 6.42 Å². The van der Waals surface area contributed by atoms with Gasteiger partial charge < -0.3 is 9.72 Å². The summed E-state index contributed by atoms with van der Waals surface area (Å²) in [5, 5.41) is 9.22. The number of Topliss-reactive ketones (excluding diaryl/α,β-unsaturated/α-hetero) is 1. The summed E-state index contributed by atoms with van der Waals surface area (Å²) in [5.41, 5.74) is 0.665. The van der Waals surface area contributed by atoms with Crippen LogP contribution in [0, 0.1) is 5.41 Å². The smallest absolute Gasteiger partial charge is 0.263 e. The lowest BCUT2D eigenvalue weighted by atomic mass is 9.75. The highest BCUT2D eigenvalue weighted by Crippen LogP contribution is 2.33. The largest absolute Gasteiger partial charge is 0.496 e. The number of hydrogen-bond donors (Lipinski definition) is 3. The van der Waals surface area contributed by atoms with Crippen LogP contribution in [0.1, 0.15) is 46.7 Å². The Morgan fingerprint density at radius 2 is 1.93 bits per heavy atom. The van der Waals surface area contributed by atoms with Crippen molar-refractivity contribution >= 4 is 17.6 Å². The van der Waals surface area contributed by atoms with Crippen LogP contribution in [0.25, 0.3) is 11.4 Å². The SMILES string of the molecule is COc1ccccc1-c1nc(NC(=O)c2cc3c([nH]c2=O)CC(C)(C)CC3=O)n[nH]1. The van der Waals surface area contributed by atoms with Gasteiger partial charge in [-0.15, -0.1) is 5.10 Å². The highest BCUT2D eigenvalue weighted by molar-refractivity contribution is 6.06. The van der Waals surface area contributed by atoms with Crippen LogP contribution in [0.5, 0.6) is 5.75 Å². The number of aromatic amines is 2. The second-order valence-corrected chi connectivity index (χ2v) is 8.01. The number of ether oxygens (including phenoxy) is 1. The molecule has 0 aliphatic heterocycles. The van der Waals surface area contributed by atoms with Crippen LogP contribution in [0.3, 0.4) is 0 Å². The number of fused-ring (bicyclic) bond motifs is 1. The van der Waals surface area contributed by atoms with Crippen molar-refractivity contribution in [2.45, 2.75) is 26.7 Å². The van der Waals surface area contributed by atoms with Gasteiger partial charge in [0.25, 0.3) is 11.5 Å². The Morgan fingerprint density at radius 3 is 2.70 bits per heavy atom. The first-order valence-corrected chi connectivity index (χ1v) is 9.44. The molecule has 1 aliphatic rings. The van der Waals surface area contributed by atoms with Gasteiger partial charge in [0.15, 0.2) is 11.6 Å². The fraction of sp³-hybridized carbons (Fsp3) is 0.286. The zero-order chi connectivity index (χ0) is 21.5. The number of carbonyl (C=O) groups is 2. The van der Waals surface area contributed by atoms with Crippen molar-refractivity contribution in [2.24, 2.45) is 5.41 Å². The molecule has 0 spiro atoms. The number of anilines is 1. The Morgan fingerprint density at radius 1 is 1.17 bits per heavy atom. The predicted octanol–water partition coefficient (Wildman–Crippen LogP) is 2.58. The standard InChI is InChI=1S/C21H21N5O4/c1-21(2)9-14-12(15(27)10-21)8-13(18(28)22-14)19(29)24-20-23-17(25-26-20)11-6-4-5-7-16(11)30-3/h4-8H,9-10H2,1-3H3,(H,22,28)(H2,23,24,25,26,29). The summed E-state index contributed by atoms with van der Waals surface area (Å²) in [4.78, 5) is 44.5. The number of amides is 1. The molecule has 0 radical (unpaired) electrons. The summed E-state index contributed by atoms with van der Waals surface area (Å²) < 4.78 is 5.30. The monoisotopic (exact) mass is 407 g/mol. The molecule has 3 N–H and O–H groups in total. The molecule has 0 unspecified atom stereocenters. The van der Waals surface area contributed by atoms with E-state index in [4.69, 9.17) is 4.74 Å². The molecule has 4 rings (SSSR count). The molecule has 3 aromatic rings. The first-order valence-electron chi connectivity index (χ1n) is 9.44. The number of pyridine rings is 1. The average molecular weight is 407 g/mol. The number of para-hydroxylation sites is 1. The minimum absolute atomic E-state index is 0.00508. The van der Waals surface area contributed by atoms with Crippen LogP contribution >= 0.6 is 0 Å². The lowest BCUT2D eigenvalue weighted by Gasteiger charge is -2.29. The van der Waals surface area contributed by atoms with Crippen molar-refractivity contribution in [3.63, 3.8) is 0 Å². The lowest BCUT2D eigenvalue weighted by Crippen LogP contribution is -2.33. The van der Waals surface area contributed by atoms with Crippen LogP contribution < -0.4 is 15.6 Å². The van der Waals surface area contributed by atoms with E-state index in [0.29, 0.717) is 41.2 Å². The molecule has 0 atom stereocenters. The van der Waals surface area contributed by atoms with Gasteiger partial charge in [0, 0.05) is 17.7 Å². The molecule has 1 aromatic carbocycles. The zero-order valence-corrected chi connectivity index (χ0v) is 16.8. The van der Waals surface area contributed by atoms with Gasteiger partial charge in [-0.25, -0.2) is 0 Å². The number of aromatic nitrogens is 4. The normalized spacial score (nSPS) is 14.8. The highest BCUT2D eigenvalue weighted by atomic mass is 16.5. The van der Waals surface area contributed by atoms with Crippen molar-refractivity contribution in [1.82, 2.24) is 20.2 Å². The number of nitrogens with zero attached hydrogens (tertiary/aromatic N) is 2. The van der Waals surface area contributed by atoms with Crippen molar-refractivity contribution in [1.29, 1.82) is 0 Å². The summed E-state index contributed by atoms with van der Waals surface area (Å²) in [7, 11) is 1.54.